The fourth-order valence-electron chi connectivity index (χ4n) is 11.3. The summed E-state index contributed by atoms with van der Waals surface area (Å²) in [4.78, 5) is 0. The zero-order valence-corrected chi connectivity index (χ0v) is 47.6. The van der Waals surface area contributed by atoms with Crippen LogP contribution in [0.5, 0.6) is 0 Å². The van der Waals surface area contributed by atoms with Crippen molar-refractivity contribution in [1.29, 1.82) is 0 Å². The van der Waals surface area contributed by atoms with Crippen molar-refractivity contribution in [3.63, 3.8) is 0 Å². The molecule has 7 aromatic carbocycles. The third-order valence-corrected chi connectivity index (χ3v) is 15.7. The predicted octanol–water partition coefficient (Wildman–Crippen LogP) is 8.80. The molecule has 12 nitrogen and oxygen atoms in total. The van der Waals surface area contributed by atoms with Crippen LogP contribution in [0.3, 0.4) is 0 Å². The summed E-state index contributed by atoms with van der Waals surface area (Å²) in [5.74, 6) is 0. The molecule has 0 aliphatic heterocycles. The topological polar surface area (TPSA) is 52.9 Å². The monoisotopic (exact) mass is 1100 g/mol. The van der Waals surface area contributed by atoms with Crippen LogP contribution in [-0.2, 0) is 78.5 Å². The highest BCUT2D eigenvalue weighted by Gasteiger charge is 2.15. The van der Waals surface area contributed by atoms with Gasteiger partial charge in [-0.3, -0.25) is 0 Å². The minimum Gasteiger partial charge on any atom is -0.233 e. The average molecular weight is 1110 g/mol. The lowest BCUT2D eigenvalue weighted by Gasteiger charge is -2.06. The highest BCUT2D eigenvalue weighted by molar-refractivity contribution is 5.28. The maximum Gasteiger partial charge on any atom is 0.244 e. The van der Waals surface area contributed by atoms with Gasteiger partial charge in [-0.05, 0) is 55.6 Å². The second-order valence-corrected chi connectivity index (χ2v) is 22.6. The van der Waals surface area contributed by atoms with E-state index in [0.717, 1.165) is 78.5 Å². The summed E-state index contributed by atoms with van der Waals surface area (Å²) < 4.78 is 27.1. The van der Waals surface area contributed by atoms with Gasteiger partial charge in [-0.25, -0.2) is 54.8 Å². The van der Waals surface area contributed by atoms with Gasteiger partial charge in [0.05, 0.1) is 0 Å². The van der Waals surface area contributed by atoms with Crippen LogP contribution >= 0.6 is 0 Å². The summed E-state index contributed by atoms with van der Waals surface area (Å²) in [5.41, 5.74) is 15.6. The molecule has 84 heavy (non-hydrogen) atoms. The molecule has 0 amide bonds. The molecule has 0 aliphatic rings. The molecule has 6 heterocycles. The standard InChI is InChI=1S/C72H72N12/c1-3-9-61(10-4-1)43-73-31-33-75(55-73)45-63-15-19-65(20-16-63)47-77-35-37-79(57-77)49-67-23-27-69(28-24-67)51-81-39-41-83(59-81)53-71-13-7-8-14-72(71)54-84-42-40-82(60-84)52-70-29-25-68(26-30-70)50-80-38-36-78(58-80)48-66-21-17-64(18-22-66)46-76-34-32-74(56-76)44-62-11-5-2-6-12-62/h1-42,55-60H,43-54H2/q+6. The van der Waals surface area contributed by atoms with Crippen molar-refractivity contribution in [1.82, 2.24) is 27.4 Å². The molecule has 13 aromatic rings. The average Bonchev–Trinajstić information content (AvgIpc) is 4.51. The Morgan fingerprint density at radius 3 is 0.690 bits per heavy atom. The minimum absolute atomic E-state index is 0.811. The molecule has 0 unspecified atom stereocenters. The van der Waals surface area contributed by atoms with Crippen molar-refractivity contribution in [3.8, 4) is 0 Å². The van der Waals surface area contributed by atoms with Crippen molar-refractivity contribution < 1.29 is 27.4 Å². The summed E-state index contributed by atoms with van der Waals surface area (Å²) >= 11 is 0. The third-order valence-electron chi connectivity index (χ3n) is 15.7. The first-order valence-corrected chi connectivity index (χ1v) is 29.2. The zero-order valence-electron chi connectivity index (χ0n) is 47.6. The Kier molecular flexibility index (Phi) is 16.0. The molecule has 0 fully saturated rings. The van der Waals surface area contributed by atoms with Crippen LogP contribution < -0.4 is 27.4 Å². The second kappa shape index (κ2) is 25.3. The molecule has 12 heteroatoms. The smallest absolute Gasteiger partial charge is 0.233 e. The van der Waals surface area contributed by atoms with Gasteiger partial charge < -0.3 is 0 Å². The Balaban J connectivity index is 0.539. The van der Waals surface area contributed by atoms with Crippen LogP contribution in [0.15, 0.2) is 294 Å². The lowest BCUT2D eigenvalue weighted by atomic mass is 10.1. The van der Waals surface area contributed by atoms with E-state index in [4.69, 9.17) is 0 Å². The van der Waals surface area contributed by atoms with E-state index in [1.165, 1.54) is 66.8 Å². The van der Waals surface area contributed by atoms with E-state index in [1.54, 1.807) is 0 Å². The molecule has 0 saturated carbocycles. The largest absolute Gasteiger partial charge is 0.244 e. The summed E-state index contributed by atoms with van der Waals surface area (Å²) in [5, 5.41) is 0. The molecular weight excluding hydrogens is 1030 g/mol. The lowest BCUT2D eigenvalue weighted by Crippen LogP contribution is -2.32. The number of hydrogen-bond acceptors (Lipinski definition) is 0. The van der Waals surface area contributed by atoms with E-state index in [1.807, 2.05) is 0 Å². The first kappa shape index (κ1) is 53.1. The van der Waals surface area contributed by atoms with E-state index in [9.17, 15) is 0 Å². The summed E-state index contributed by atoms with van der Waals surface area (Å²) in [6, 6.07) is 66.1. The Morgan fingerprint density at radius 2 is 0.405 bits per heavy atom. The molecule has 414 valence electrons. The van der Waals surface area contributed by atoms with Gasteiger partial charge in [0.1, 0.15) is 153 Å². The fraction of sp³-hybridized carbons (Fsp3) is 0.167. The first-order chi connectivity index (χ1) is 41.4. The Morgan fingerprint density at radius 1 is 0.190 bits per heavy atom. The first-order valence-electron chi connectivity index (χ1n) is 29.2. The number of imidazole rings is 6. The number of aromatic nitrogens is 12. The minimum atomic E-state index is 0.811. The summed E-state index contributed by atoms with van der Waals surface area (Å²) in [6.45, 7) is 10.1. The molecule has 0 saturated heterocycles. The van der Waals surface area contributed by atoms with Crippen LogP contribution in [0.1, 0.15) is 66.8 Å². The highest BCUT2D eigenvalue weighted by Crippen LogP contribution is 2.15. The van der Waals surface area contributed by atoms with Gasteiger partial charge in [0.25, 0.3) is 0 Å². The molecule has 0 radical (unpaired) electrons. The maximum atomic E-state index is 2.29. The number of nitrogens with zero attached hydrogens (tertiary/aromatic N) is 12. The van der Waals surface area contributed by atoms with Gasteiger partial charge in [0.15, 0.2) is 0 Å². The zero-order chi connectivity index (χ0) is 56.3. The van der Waals surface area contributed by atoms with Gasteiger partial charge in [0, 0.05) is 11.1 Å². The van der Waals surface area contributed by atoms with Gasteiger partial charge in [-0.2, -0.15) is 0 Å². The second-order valence-electron chi connectivity index (χ2n) is 22.6. The molecule has 0 spiro atoms. The molecular formula is C72H72N12+6. The van der Waals surface area contributed by atoms with Gasteiger partial charge in [-0.1, -0.05) is 182 Å². The Labute approximate surface area is 492 Å². The van der Waals surface area contributed by atoms with E-state index in [2.05, 4.69) is 349 Å². The van der Waals surface area contributed by atoms with Crippen molar-refractivity contribution in [3.05, 3.63) is 361 Å². The molecule has 0 atom stereocenters. The Hall–Kier alpha value is -10.2. The maximum absolute atomic E-state index is 2.29. The van der Waals surface area contributed by atoms with Crippen LogP contribution in [-0.4, -0.2) is 27.4 Å². The van der Waals surface area contributed by atoms with Crippen LogP contribution in [0.25, 0.3) is 0 Å². The van der Waals surface area contributed by atoms with E-state index < -0.39 is 0 Å². The Bertz CT molecular complexity index is 3910. The normalized spacial score (nSPS) is 11.4. The third kappa shape index (κ3) is 14.3. The highest BCUT2D eigenvalue weighted by atomic mass is 15.1. The number of benzene rings is 7. The summed E-state index contributed by atoms with van der Waals surface area (Å²) in [6.07, 6.45) is 39.2. The molecule has 13 rings (SSSR count). The molecule has 0 N–H and O–H groups in total. The number of rotatable bonds is 24. The van der Waals surface area contributed by atoms with E-state index in [0.29, 0.717) is 0 Å². The van der Waals surface area contributed by atoms with Crippen molar-refractivity contribution >= 4 is 0 Å². The van der Waals surface area contributed by atoms with Crippen molar-refractivity contribution in [2.45, 2.75) is 78.5 Å². The van der Waals surface area contributed by atoms with Gasteiger partial charge in [0.2, 0.25) is 38.0 Å². The SMILES string of the molecule is c1ccc(C[n+]2ccn(Cc3ccc(Cn4cc[n+](Cc5ccc(Cn6cc[n+](Cc7ccccc7Cn7cc[n+](Cc8ccc(Cn9cc[n+](Cc%10ccc(Cn%11cc[n+](Cc%12ccccc%12)c%11)cc%10)c9)cc8)c7)c6)cc5)c4)cc3)c2)cc1. The molecule has 6 aromatic heterocycles. The van der Waals surface area contributed by atoms with Crippen LogP contribution in [0, 0.1) is 0 Å². The van der Waals surface area contributed by atoms with Crippen LogP contribution in [0.2, 0.25) is 0 Å². The predicted molar refractivity (Wildman–Crippen MR) is 322 cm³/mol. The van der Waals surface area contributed by atoms with Crippen molar-refractivity contribution in [2.75, 3.05) is 0 Å². The van der Waals surface area contributed by atoms with Crippen molar-refractivity contribution in [2.24, 2.45) is 0 Å². The summed E-state index contributed by atoms with van der Waals surface area (Å²) in [7, 11) is 0. The van der Waals surface area contributed by atoms with Crippen LogP contribution in [0.4, 0.5) is 0 Å². The quantitative estimate of drug-likeness (QED) is 0.0544. The lowest BCUT2D eigenvalue weighted by molar-refractivity contribution is -0.688. The molecule has 0 aliphatic carbocycles. The fourth-order valence-corrected chi connectivity index (χ4v) is 11.3. The van der Waals surface area contributed by atoms with E-state index in [-0.39, 0.29) is 0 Å². The molecule has 0 bridgehead atoms. The number of hydrogen-bond donors (Lipinski definition) is 0. The van der Waals surface area contributed by atoms with E-state index >= 15 is 0 Å². The van der Waals surface area contributed by atoms with Gasteiger partial charge >= 0.3 is 0 Å². The van der Waals surface area contributed by atoms with Gasteiger partial charge in [-0.15, -0.1) is 0 Å².